The van der Waals surface area contributed by atoms with E-state index in [1.165, 1.54) is 43.2 Å². The van der Waals surface area contributed by atoms with E-state index in [9.17, 15) is 9.90 Å². The molecule has 1 radical (unpaired) electrons. The number of nitrogens with one attached hydrogen (secondary N) is 3. The quantitative estimate of drug-likeness (QED) is 0.137. The average Bonchev–Trinajstić information content (AvgIpc) is 3.72. The van der Waals surface area contributed by atoms with Crippen LogP contribution < -0.4 is 10.6 Å². The number of aromatic nitrogens is 2. The molecule has 6 nitrogen and oxygen atoms in total. The molecule has 8 rings (SSSR count). The van der Waals surface area contributed by atoms with E-state index in [2.05, 4.69) is 92.1 Å². The Balaban J connectivity index is 0.00000420. The van der Waals surface area contributed by atoms with Gasteiger partial charge in [-0.15, -0.1) is 12.1 Å². The van der Waals surface area contributed by atoms with Crippen molar-refractivity contribution < 1.29 is 26.7 Å². The van der Waals surface area contributed by atoms with Crippen molar-refractivity contribution in [1.82, 2.24) is 20.6 Å². The first-order valence-corrected chi connectivity index (χ1v) is 20.1. The van der Waals surface area contributed by atoms with Gasteiger partial charge in [0.05, 0.1) is 18.1 Å². The van der Waals surface area contributed by atoms with Gasteiger partial charge in [-0.3, -0.25) is 9.78 Å². The number of nitrogens with zero attached hydrogens (tertiary/aromatic N) is 1. The molecule has 283 valence electrons. The van der Waals surface area contributed by atoms with Crippen LogP contribution in [-0.4, -0.2) is 27.1 Å². The van der Waals surface area contributed by atoms with Gasteiger partial charge in [0.25, 0.3) is 0 Å². The molecule has 5 aliphatic rings. The van der Waals surface area contributed by atoms with Crippen molar-refractivity contribution in [3.63, 3.8) is 0 Å². The van der Waals surface area contributed by atoms with Gasteiger partial charge < -0.3 is 20.7 Å². The summed E-state index contributed by atoms with van der Waals surface area (Å²) in [4.78, 5) is 22.7. The maximum atomic E-state index is 14.6. The minimum Gasteiger partial charge on any atom is -0.393 e. The Morgan fingerprint density at radius 2 is 1.69 bits per heavy atom. The molecule has 5 fully saturated rings. The standard InChI is InChI=1S/C45H61N4O2.Co/c1-28(2)31-16-22-45(41(51)47-26-30-11-9-10-29(24-30)25-46-27-39-48-34-12-7-8-13-35(34)49-39)23-17-33-32(40(31)45)14-15-37-43(33,5)20-18-36-42(3,4)38(50)19-21-44(36,37)6;/h7,9-13,24,31-33,36-38,40,46,50H,1,14-23,25-27H2,2-6H3,(H,47,51)(H,48,49);/q-1;. The van der Waals surface area contributed by atoms with E-state index in [0.29, 0.717) is 54.0 Å². The third-order valence-electron chi connectivity index (χ3n) is 16.1. The molecule has 0 spiro atoms. The number of allylic oxidation sites excluding steroid dienone is 1. The fourth-order valence-electron chi connectivity index (χ4n) is 13.8. The van der Waals surface area contributed by atoms with Gasteiger partial charge in [0.15, 0.2) is 0 Å². The van der Waals surface area contributed by atoms with Gasteiger partial charge in [0.1, 0.15) is 5.82 Å². The molecule has 52 heavy (non-hydrogen) atoms. The number of aliphatic hydroxyl groups is 1. The number of hydrogen-bond donors (Lipinski definition) is 4. The predicted octanol–water partition coefficient (Wildman–Crippen LogP) is 8.89. The molecule has 4 N–H and O–H groups in total. The summed E-state index contributed by atoms with van der Waals surface area (Å²) < 4.78 is 0. The van der Waals surface area contributed by atoms with Crippen LogP contribution in [0.1, 0.15) is 116 Å². The van der Waals surface area contributed by atoms with Crippen LogP contribution in [0.5, 0.6) is 0 Å². The van der Waals surface area contributed by atoms with E-state index in [4.69, 9.17) is 0 Å². The van der Waals surface area contributed by atoms with Crippen molar-refractivity contribution in [2.45, 2.75) is 125 Å². The fraction of sp³-hybridized carbons (Fsp3) is 0.644. The van der Waals surface area contributed by atoms with Gasteiger partial charge >= 0.3 is 0 Å². The maximum absolute atomic E-state index is 14.6. The third kappa shape index (κ3) is 6.04. The molecule has 0 aliphatic heterocycles. The Morgan fingerprint density at radius 3 is 2.46 bits per heavy atom. The van der Waals surface area contributed by atoms with Crippen molar-refractivity contribution in [2.24, 2.45) is 57.2 Å². The first-order valence-electron chi connectivity index (χ1n) is 20.1. The summed E-state index contributed by atoms with van der Waals surface area (Å²) in [5, 5.41) is 18.1. The second kappa shape index (κ2) is 14.0. The second-order valence-electron chi connectivity index (χ2n) is 18.8. The number of H-pyrrole nitrogens is 1. The SMILES string of the molecule is C=C(C)C1CCC2(C(=O)NCc3cccc(CNCc4nc5c[c-]ccc5[nH]4)c3)CCC3C(CCC4C3(C)CCC3C(C)(C)C(O)CCC34C)C12.[Co]. The van der Waals surface area contributed by atoms with Crippen LogP contribution in [0.2, 0.25) is 0 Å². The van der Waals surface area contributed by atoms with Crippen LogP contribution in [0.15, 0.2) is 54.6 Å². The van der Waals surface area contributed by atoms with Crippen molar-refractivity contribution >= 4 is 16.9 Å². The fourth-order valence-corrected chi connectivity index (χ4v) is 13.8. The van der Waals surface area contributed by atoms with E-state index < -0.39 is 0 Å². The topological polar surface area (TPSA) is 90.0 Å². The molecule has 1 aromatic heterocycles. The second-order valence-corrected chi connectivity index (χ2v) is 18.8. The molecule has 10 atom stereocenters. The Labute approximate surface area is 322 Å². The molecule has 7 heteroatoms. The molecule has 0 bridgehead atoms. The first-order chi connectivity index (χ1) is 24.4. The molecular formula is C45H61CoN4O2-. The number of aromatic amines is 1. The van der Waals surface area contributed by atoms with Crippen LogP contribution >= 0.6 is 0 Å². The van der Waals surface area contributed by atoms with Crippen molar-refractivity contribution in [3.05, 3.63) is 77.6 Å². The monoisotopic (exact) mass is 748 g/mol. The number of rotatable bonds is 8. The summed E-state index contributed by atoms with van der Waals surface area (Å²) in [6.45, 7) is 18.7. The van der Waals surface area contributed by atoms with Gasteiger partial charge in [-0.25, -0.2) is 0 Å². The zero-order valence-corrected chi connectivity index (χ0v) is 33.2. The van der Waals surface area contributed by atoms with Crippen molar-refractivity contribution in [2.75, 3.05) is 0 Å². The smallest absolute Gasteiger partial charge is 0.226 e. The summed E-state index contributed by atoms with van der Waals surface area (Å²) in [5.41, 5.74) is 5.87. The summed E-state index contributed by atoms with van der Waals surface area (Å²) in [7, 11) is 0. The average molecular weight is 749 g/mol. The Kier molecular flexibility index (Phi) is 10.2. The minimum absolute atomic E-state index is 0. The van der Waals surface area contributed by atoms with Crippen LogP contribution in [0.4, 0.5) is 0 Å². The van der Waals surface area contributed by atoms with Gasteiger partial charge in [-0.1, -0.05) is 64.1 Å². The third-order valence-corrected chi connectivity index (χ3v) is 16.1. The number of benzene rings is 2. The molecule has 2 aromatic carbocycles. The van der Waals surface area contributed by atoms with Gasteiger partial charge in [-0.2, -0.15) is 12.1 Å². The zero-order valence-electron chi connectivity index (χ0n) is 32.1. The number of carbonyl (C=O) groups is 1. The number of aliphatic hydroxyl groups excluding tert-OH is 1. The van der Waals surface area contributed by atoms with Gasteiger partial charge in [-0.05, 0) is 145 Å². The van der Waals surface area contributed by atoms with Gasteiger partial charge in [0.2, 0.25) is 5.91 Å². The van der Waals surface area contributed by atoms with Crippen LogP contribution in [0, 0.1) is 63.2 Å². The summed E-state index contributed by atoms with van der Waals surface area (Å²) in [5.74, 6) is 4.54. The van der Waals surface area contributed by atoms with E-state index >= 15 is 0 Å². The number of carbonyl (C=O) groups excluding carboxylic acids is 1. The van der Waals surface area contributed by atoms with E-state index in [1.807, 2.05) is 18.2 Å². The molecule has 5 saturated carbocycles. The molecule has 1 heterocycles. The van der Waals surface area contributed by atoms with Crippen molar-refractivity contribution in [3.8, 4) is 0 Å². The minimum atomic E-state index is -0.296. The Hall–Kier alpha value is -2.45. The van der Waals surface area contributed by atoms with E-state index in [0.717, 1.165) is 61.1 Å². The van der Waals surface area contributed by atoms with E-state index in [1.54, 1.807) is 0 Å². The molecule has 1 amide bonds. The van der Waals surface area contributed by atoms with Gasteiger partial charge in [0, 0.05) is 29.9 Å². The first kappa shape index (κ1) is 37.8. The molecule has 0 saturated heterocycles. The van der Waals surface area contributed by atoms with Crippen LogP contribution in [-0.2, 0) is 41.2 Å². The summed E-state index contributed by atoms with van der Waals surface area (Å²) in [6.07, 6.45) is 11.1. The largest absolute Gasteiger partial charge is 0.393 e. The molecule has 10 unspecified atom stereocenters. The molecule has 3 aromatic rings. The number of amides is 1. The summed E-state index contributed by atoms with van der Waals surface area (Å²) in [6, 6.07) is 17.5. The normalized spacial score (nSPS) is 37.5. The number of imidazole rings is 1. The Bertz CT molecular complexity index is 1770. The molecule has 5 aliphatic carbocycles. The van der Waals surface area contributed by atoms with Crippen LogP contribution in [0.3, 0.4) is 0 Å². The van der Waals surface area contributed by atoms with Crippen molar-refractivity contribution in [1.29, 1.82) is 0 Å². The summed E-state index contributed by atoms with van der Waals surface area (Å²) >= 11 is 0. The Morgan fingerprint density at radius 1 is 0.942 bits per heavy atom. The van der Waals surface area contributed by atoms with E-state index in [-0.39, 0.29) is 45.0 Å². The van der Waals surface area contributed by atoms with Crippen LogP contribution in [0.25, 0.3) is 11.0 Å². The predicted molar refractivity (Wildman–Crippen MR) is 204 cm³/mol. The molecular weight excluding hydrogens is 687 g/mol. The number of hydrogen-bond acceptors (Lipinski definition) is 4. The zero-order chi connectivity index (χ0) is 35.8. The maximum Gasteiger partial charge on any atom is 0.226 e. The number of fused-ring (bicyclic) bond motifs is 8.